The van der Waals surface area contributed by atoms with Crippen molar-refractivity contribution in [2.75, 3.05) is 13.6 Å². The number of phenols is 1. The lowest BCUT2D eigenvalue weighted by Gasteiger charge is -2.56. The highest BCUT2D eigenvalue weighted by molar-refractivity contribution is 5.61. The van der Waals surface area contributed by atoms with E-state index in [0.29, 0.717) is 17.7 Å². The number of likely N-dealkylation sites (N-methyl/N-ethyl adjacent to an activating group) is 1. The first-order chi connectivity index (χ1) is 10.1. The van der Waals surface area contributed by atoms with Gasteiger partial charge in [0.2, 0.25) is 0 Å². The molecule has 0 saturated carbocycles. The Hall–Kier alpha value is -1.52. The normalized spacial score (nSPS) is 42.6. The molecule has 5 atom stereocenters. The van der Waals surface area contributed by atoms with Gasteiger partial charge in [-0.3, -0.25) is 0 Å². The minimum Gasteiger partial charge on any atom is -0.504 e. The summed E-state index contributed by atoms with van der Waals surface area (Å²) < 4.78 is 6.09. The molecule has 4 aliphatic rings. The van der Waals surface area contributed by atoms with Gasteiger partial charge in [-0.25, -0.2) is 0 Å². The molecule has 2 aliphatic heterocycles. The molecule has 2 N–H and O–H groups in total. The van der Waals surface area contributed by atoms with Crippen molar-refractivity contribution >= 4 is 0 Å². The van der Waals surface area contributed by atoms with Crippen molar-refractivity contribution in [3.05, 3.63) is 35.4 Å². The summed E-state index contributed by atoms with van der Waals surface area (Å²) in [6.07, 6.45) is 5.18. The van der Waals surface area contributed by atoms with E-state index in [9.17, 15) is 10.2 Å². The van der Waals surface area contributed by atoms with Gasteiger partial charge in [-0.15, -0.1) is 0 Å². The molecular weight excluding hydrogens is 266 g/mol. The highest BCUT2D eigenvalue weighted by Crippen LogP contribution is 2.62. The van der Waals surface area contributed by atoms with Crippen molar-refractivity contribution < 1.29 is 14.9 Å². The van der Waals surface area contributed by atoms with Gasteiger partial charge in [0.1, 0.15) is 12.2 Å². The lowest BCUT2D eigenvalue weighted by molar-refractivity contribution is -0.0453. The monoisotopic (exact) mass is 285 g/mol. The van der Waals surface area contributed by atoms with Crippen molar-refractivity contribution in [3.63, 3.8) is 0 Å². The SMILES string of the molecule is CN1CCC23c4c5ccc(O)c4O[C@H]2[C@@H](O)C=CC3C1C5. The maximum Gasteiger partial charge on any atom is 0.165 e. The number of aliphatic hydroxyl groups excluding tert-OH is 1. The fraction of sp³-hybridized carbons (Fsp3) is 0.529. The van der Waals surface area contributed by atoms with Crippen LogP contribution in [0.15, 0.2) is 24.3 Å². The maximum absolute atomic E-state index is 10.4. The zero-order chi connectivity index (χ0) is 14.4. The molecule has 1 spiro atoms. The molecule has 1 saturated heterocycles. The fourth-order valence-electron chi connectivity index (χ4n) is 5.24. The summed E-state index contributed by atoms with van der Waals surface area (Å²) in [4.78, 5) is 2.43. The largest absolute Gasteiger partial charge is 0.504 e. The first-order valence-electron chi connectivity index (χ1n) is 7.71. The number of likely N-dealkylation sites (tertiary alicyclic amines) is 1. The summed E-state index contributed by atoms with van der Waals surface area (Å²) in [5, 5.41) is 20.6. The van der Waals surface area contributed by atoms with Crippen molar-refractivity contribution in [1.29, 1.82) is 0 Å². The van der Waals surface area contributed by atoms with Crippen LogP contribution >= 0.6 is 0 Å². The predicted molar refractivity (Wildman–Crippen MR) is 77.6 cm³/mol. The van der Waals surface area contributed by atoms with E-state index in [4.69, 9.17) is 4.74 Å². The molecule has 1 aromatic carbocycles. The number of nitrogens with zero attached hydrogens (tertiary/aromatic N) is 1. The van der Waals surface area contributed by atoms with Gasteiger partial charge in [0.25, 0.3) is 0 Å². The number of phenolic OH excluding ortho intramolecular Hbond substituents is 1. The number of benzene rings is 1. The van der Waals surface area contributed by atoms with Crippen molar-refractivity contribution in [1.82, 2.24) is 4.90 Å². The van der Waals surface area contributed by atoms with E-state index in [2.05, 4.69) is 18.0 Å². The van der Waals surface area contributed by atoms with Crippen LogP contribution in [0.25, 0.3) is 0 Å². The third-order valence-corrected chi connectivity index (χ3v) is 6.15. The Morgan fingerprint density at radius 3 is 3.05 bits per heavy atom. The quantitative estimate of drug-likeness (QED) is 0.703. The first-order valence-corrected chi connectivity index (χ1v) is 7.71. The van der Waals surface area contributed by atoms with E-state index >= 15 is 0 Å². The number of hydrogen-bond donors (Lipinski definition) is 2. The summed E-state index contributed by atoms with van der Waals surface area (Å²) in [6, 6.07) is 4.23. The standard InChI is InChI=1S/C17H19NO3/c1-18-7-6-17-10-3-5-13(20)16(17)21-15-12(19)4-2-9(14(15)17)8-11(10)18/h2-5,10-11,13,16,19-20H,6-8H2,1H3/t10?,11?,13-,16-,17?/m0/s1. The minimum absolute atomic E-state index is 0.160. The second-order valence-corrected chi connectivity index (χ2v) is 6.93. The lowest BCUT2D eigenvalue weighted by Crippen LogP contribution is -2.64. The molecule has 4 heteroatoms. The number of aliphatic hydroxyl groups is 1. The summed E-state index contributed by atoms with van der Waals surface area (Å²) in [7, 11) is 2.19. The molecule has 3 unspecified atom stereocenters. The molecule has 2 heterocycles. The molecule has 110 valence electrons. The lowest BCUT2D eigenvalue weighted by atomic mass is 9.53. The van der Waals surface area contributed by atoms with E-state index in [1.54, 1.807) is 6.07 Å². The van der Waals surface area contributed by atoms with Gasteiger partial charge >= 0.3 is 0 Å². The molecule has 0 radical (unpaired) electrons. The first kappa shape index (κ1) is 12.1. The predicted octanol–water partition coefficient (Wildman–Crippen LogP) is 1.20. The fourth-order valence-corrected chi connectivity index (χ4v) is 5.24. The molecule has 5 rings (SSSR count). The second-order valence-electron chi connectivity index (χ2n) is 6.93. The van der Waals surface area contributed by atoms with E-state index in [1.807, 2.05) is 12.1 Å². The molecule has 0 aromatic heterocycles. The van der Waals surface area contributed by atoms with Gasteiger partial charge in [0.15, 0.2) is 11.5 Å². The second kappa shape index (κ2) is 3.62. The summed E-state index contributed by atoms with van der Waals surface area (Å²) in [5.41, 5.74) is 2.29. The van der Waals surface area contributed by atoms with Crippen LogP contribution in [0.5, 0.6) is 11.5 Å². The van der Waals surface area contributed by atoms with Gasteiger partial charge in [-0.05, 0) is 38.1 Å². The summed E-state index contributed by atoms with van der Waals surface area (Å²) in [5.74, 6) is 1.19. The van der Waals surface area contributed by atoms with Crippen LogP contribution in [0, 0.1) is 5.92 Å². The smallest absolute Gasteiger partial charge is 0.165 e. The van der Waals surface area contributed by atoms with E-state index in [-0.39, 0.29) is 17.3 Å². The van der Waals surface area contributed by atoms with Crippen LogP contribution in [0.1, 0.15) is 17.5 Å². The Morgan fingerprint density at radius 1 is 1.33 bits per heavy atom. The molecule has 1 fully saturated rings. The number of hydrogen-bond acceptors (Lipinski definition) is 4. The van der Waals surface area contributed by atoms with Crippen LogP contribution in [-0.4, -0.2) is 47.0 Å². The van der Waals surface area contributed by atoms with Crippen LogP contribution in [0.2, 0.25) is 0 Å². The van der Waals surface area contributed by atoms with E-state index in [0.717, 1.165) is 19.4 Å². The van der Waals surface area contributed by atoms with Gasteiger partial charge < -0.3 is 19.8 Å². The average molecular weight is 285 g/mol. The molecule has 2 bridgehead atoms. The van der Waals surface area contributed by atoms with Gasteiger partial charge in [-0.1, -0.05) is 18.2 Å². The van der Waals surface area contributed by atoms with Gasteiger partial charge in [0.05, 0.1) is 0 Å². The number of ether oxygens (including phenoxy) is 1. The summed E-state index contributed by atoms with van der Waals surface area (Å²) >= 11 is 0. The maximum atomic E-state index is 10.4. The van der Waals surface area contributed by atoms with Crippen molar-refractivity contribution in [2.24, 2.45) is 5.92 Å². The zero-order valence-corrected chi connectivity index (χ0v) is 12.0. The highest BCUT2D eigenvalue weighted by atomic mass is 16.5. The summed E-state index contributed by atoms with van der Waals surface area (Å²) in [6.45, 7) is 1.01. The van der Waals surface area contributed by atoms with Gasteiger partial charge in [0, 0.05) is 22.9 Å². The topological polar surface area (TPSA) is 52.9 Å². The molecule has 0 amide bonds. The third kappa shape index (κ3) is 1.21. The van der Waals surface area contributed by atoms with Crippen molar-refractivity contribution in [2.45, 2.75) is 36.5 Å². The highest BCUT2D eigenvalue weighted by Gasteiger charge is 2.64. The van der Waals surface area contributed by atoms with Crippen LogP contribution in [0.4, 0.5) is 0 Å². The Kier molecular flexibility index (Phi) is 2.08. The number of piperidine rings is 1. The molecule has 2 aliphatic carbocycles. The van der Waals surface area contributed by atoms with Crippen LogP contribution < -0.4 is 4.74 Å². The van der Waals surface area contributed by atoms with E-state index in [1.165, 1.54) is 11.1 Å². The molecular formula is C17H19NO3. The van der Waals surface area contributed by atoms with Gasteiger partial charge in [-0.2, -0.15) is 0 Å². The molecule has 4 nitrogen and oxygen atoms in total. The van der Waals surface area contributed by atoms with Crippen LogP contribution in [0.3, 0.4) is 0 Å². The third-order valence-electron chi connectivity index (χ3n) is 6.15. The minimum atomic E-state index is -0.594. The van der Waals surface area contributed by atoms with Crippen LogP contribution in [-0.2, 0) is 11.8 Å². The Labute approximate surface area is 123 Å². The average Bonchev–Trinajstić information content (AvgIpc) is 2.83. The Balaban J connectivity index is 1.84. The Morgan fingerprint density at radius 2 is 2.19 bits per heavy atom. The van der Waals surface area contributed by atoms with Crippen molar-refractivity contribution in [3.8, 4) is 11.5 Å². The number of rotatable bonds is 0. The number of aromatic hydroxyl groups is 1. The Bertz CT molecular complexity index is 670. The molecule has 21 heavy (non-hydrogen) atoms. The van der Waals surface area contributed by atoms with E-state index < -0.39 is 6.10 Å². The zero-order valence-electron chi connectivity index (χ0n) is 12.0. The molecule has 1 aromatic rings.